The van der Waals surface area contributed by atoms with E-state index in [2.05, 4.69) is 9.97 Å². The lowest BCUT2D eigenvalue weighted by Gasteiger charge is -2.06. The summed E-state index contributed by atoms with van der Waals surface area (Å²) in [6.45, 7) is 3.80. The normalized spacial score (nSPS) is 11.0. The first-order valence-corrected chi connectivity index (χ1v) is 10.0. The number of aromatic nitrogens is 2. The fourth-order valence-corrected chi connectivity index (χ4v) is 4.76. The van der Waals surface area contributed by atoms with Crippen LogP contribution in [-0.2, 0) is 11.3 Å². The van der Waals surface area contributed by atoms with Crippen LogP contribution in [0.1, 0.15) is 26.6 Å². The number of nitrogens with one attached hydrogen (secondary N) is 1. The number of fused-ring (bicyclic) bond motifs is 1. The van der Waals surface area contributed by atoms with Crippen LogP contribution in [0.25, 0.3) is 20.7 Å². The van der Waals surface area contributed by atoms with Crippen LogP contribution in [0, 0.1) is 13.8 Å². The van der Waals surface area contributed by atoms with Crippen LogP contribution in [0.2, 0.25) is 0 Å². The van der Waals surface area contributed by atoms with E-state index in [1.54, 1.807) is 23.5 Å². The van der Waals surface area contributed by atoms with Crippen molar-refractivity contribution in [3.63, 3.8) is 0 Å². The predicted molar refractivity (Wildman–Crippen MR) is 109 cm³/mol. The van der Waals surface area contributed by atoms with Crippen molar-refractivity contribution in [2.45, 2.75) is 20.5 Å². The summed E-state index contributed by atoms with van der Waals surface area (Å²) < 4.78 is 5.33. The van der Waals surface area contributed by atoms with E-state index in [1.165, 1.54) is 16.2 Å². The lowest BCUT2D eigenvalue weighted by molar-refractivity contribution is 0.0461. The highest BCUT2D eigenvalue weighted by molar-refractivity contribution is 7.19. The molecule has 0 saturated heterocycles. The monoisotopic (exact) mass is 396 g/mol. The summed E-state index contributed by atoms with van der Waals surface area (Å²) in [6.07, 6.45) is 0. The molecule has 0 atom stereocenters. The Bertz CT molecular complexity index is 1200. The van der Waals surface area contributed by atoms with E-state index in [1.807, 2.05) is 43.5 Å². The zero-order valence-electron chi connectivity index (χ0n) is 14.7. The molecule has 0 unspecified atom stereocenters. The summed E-state index contributed by atoms with van der Waals surface area (Å²) in [6, 6.07) is 11.3. The van der Waals surface area contributed by atoms with Gasteiger partial charge >= 0.3 is 5.97 Å². The van der Waals surface area contributed by atoms with Gasteiger partial charge in [-0.15, -0.1) is 22.7 Å². The maximum atomic E-state index is 12.6. The Kier molecular flexibility index (Phi) is 4.63. The van der Waals surface area contributed by atoms with Gasteiger partial charge < -0.3 is 9.72 Å². The van der Waals surface area contributed by atoms with Crippen LogP contribution in [0.3, 0.4) is 0 Å². The number of thiophene rings is 2. The number of hydrogen-bond acceptors (Lipinski definition) is 6. The molecule has 0 fully saturated rings. The van der Waals surface area contributed by atoms with Gasteiger partial charge in [0.25, 0.3) is 5.56 Å². The molecule has 5 nitrogen and oxygen atoms in total. The summed E-state index contributed by atoms with van der Waals surface area (Å²) in [7, 11) is 0. The number of carbonyl (C=O) groups excluding carboxylic acids is 1. The largest absolute Gasteiger partial charge is 0.454 e. The first-order chi connectivity index (χ1) is 13.0. The van der Waals surface area contributed by atoms with E-state index in [-0.39, 0.29) is 12.2 Å². The summed E-state index contributed by atoms with van der Waals surface area (Å²) in [5, 5.41) is 2.53. The van der Waals surface area contributed by atoms with Gasteiger partial charge in [0, 0.05) is 20.7 Å². The van der Waals surface area contributed by atoms with Crippen LogP contribution < -0.4 is 5.56 Å². The number of aromatic amines is 1. The van der Waals surface area contributed by atoms with Gasteiger partial charge in [0.15, 0.2) is 0 Å². The molecule has 1 N–H and O–H groups in total. The molecule has 4 aromatic rings. The van der Waals surface area contributed by atoms with Gasteiger partial charge in [0.05, 0.1) is 10.9 Å². The third kappa shape index (κ3) is 3.43. The molecule has 0 aliphatic carbocycles. The van der Waals surface area contributed by atoms with Crippen molar-refractivity contribution in [3.8, 4) is 10.4 Å². The van der Waals surface area contributed by atoms with Crippen molar-refractivity contribution in [2.75, 3.05) is 0 Å². The van der Waals surface area contributed by atoms with Gasteiger partial charge in [-0.2, -0.15) is 0 Å². The molecule has 0 spiro atoms. The van der Waals surface area contributed by atoms with Gasteiger partial charge in [-0.3, -0.25) is 4.79 Å². The minimum Gasteiger partial charge on any atom is -0.454 e. The van der Waals surface area contributed by atoms with Gasteiger partial charge in [0.2, 0.25) is 0 Å². The fourth-order valence-electron chi connectivity index (χ4n) is 2.84. The lowest BCUT2D eigenvalue weighted by Crippen LogP contribution is -2.14. The van der Waals surface area contributed by atoms with E-state index >= 15 is 0 Å². The molecule has 4 rings (SSSR count). The molecule has 136 valence electrons. The Balaban J connectivity index is 1.60. The number of rotatable bonds is 4. The van der Waals surface area contributed by atoms with Gasteiger partial charge in [-0.1, -0.05) is 18.2 Å². The van der Waals surface area contributed by atoms with E-state index in [9.17, 15) is 9.59 Å². The minimum atomic E-state index is -0.434. The molecule has 27 heavy (non-hydrogen) atoms. The smallest absolute Gasteiger partial charge is 0.338 e. The standard InChI is InChI=1S/C20H16N2O3S2/c1-11-5-3-4-6-13(11)20(24)25-9-16-21-18(23)17-14(10-26-19(17)22-16)15-8-7-12(2)27-15/h3-8,10H,9H2,1-2H3,(H,21,22,23). The van der Waals surface area contributed by atoms with Gasteiger partial charge in [-0.25, -0.2) is 9.78 Å². The van der Waals surface area contributed by atoms with Crippen molar-refractivity contribution in [3.05, 3.63) is 74.0 Å². The maximum absolute atomic E-state index is 12.6. The van der Waals surface area contributed by atoms with Crippen molar-refractivity contribution in [1.82, 2.24) is 9.97 Å². The van der Waals surface area contributed by atoms with Crippen LogP contribution in [0.4, 0.5) is 0 Å². The fraction of sp³-hybridized carbons (Fsp3) is 0.150. The zero-order chi connectivity index (χ0) is 19.0. The Hall–Kier alpha value is -2.77. The number of carbonyl (C=O) groups is 1. The van der Waals surface area contributed by atoms with Crippen molar-refractivity contribution in [1.29, 1.82) is 0 Å². The first kappa shape index (κ1) is 17.6. The lowest BCUT2D eigenvalue weighted by atomic mass is 10.1. The van der Waals surface area contributed by atoms with Crippen molar-refractivity contribution >= 4 is 38.9 Å². The second-order valence-corrected chi connectivity index (χ2v) is 8.29. The molecule has 0 radical (unpaired) electrons. The summed E-state index contributed by atoms with van der Waals surface area (Å²) in [5.74, 6) is -0.0954. The molecule has 1 aromatic carbocycles. The van der Waals surface area contributed by atoms with Gasteiger partial charge in [-0.05, 0) is 37.6 Å². The van der Waals surface area contributed by atoms with E-state index in [0.29, 0.717) is 21.6 Å². The Morgan fingerprint density at radius 1 is 1.19 bits per heavy atom. The SMILES string of the molecule is Cc1ccc(-c2csc3nc(COC(=O)c4ccccc4C)[nH]c(=O)c23)s1. The van der Waals surface area contributed by atoms with E-state index in [4.69, 9.17) is 4.74 Å². The molecule has 7 heteroatoms. The number of ether oxygens (including phenoxy) is 1. The van der Waals surface area contributed by atoms with Crippen LogP contribution in [-0.4, -0.2) is 15.9 Å². The van der Waals surface area contributed by atoms with Crippen LogP contribution in [0.15, 0.2) is 46.6 Å². The molecular weight excluding hydrogens is 380 g/mol. The topological polar surface area (TPSA) is 72.0 Å². The average molecular weight is 396 g/mol. The highest BCUT2D eigenvalue weighted by Gasteiger charge is 2.15. The Morgan fingerprint density at radius 2 is 2.00 bits per heavy atom. The first-order valence-electron chi connectivity index (χ1n) is 8.33. The number of H-pyrrole nitrogens is 1. The second kappa shape index (κ2) is 7.09. The molecule has 0 amide bonds. The van der Waals surface area contributed by atoms with Crippen LogP contribution in [0.5, 0.6) is 0 Å². The average Bonchev–Trinajstić information content (AvgIpc) is 3.26. The summed E-state index contributed by atoms with van der Waals surface area (Å²) in [5.41, 5.74) is 2.02. The third-order valence-corrected chi connectivity index (χ3v) is 6.11. The van der Waals surface area contributed by atoms with Gasteiger partial charge in [0.1, 0.15) is 17.3 Å². The summed E-state index contributed by atoms with van der Waals surface area (Å²) >= 11 is 3.06. The highest BCUT2D eigenvalue weighted by atomic mass is 32.1. The van der Waals surface area contributed by atoms with E-state index < -0.39 is 5.97 Å². The highest BCUT2D eigenvalue weighted by Crippen LogP contribution is 2.34. The maximum Gasteiger partial charge on any atom is 0.338 e. The number of hydrogen-bond donors (Lipinski definition) is 1. The molecular formula is C20H16N2O3S2. The molecule has 0 saturated carbocycles. The summed E-state index contributed by atoms with van der Waals surface area (Å²) in [4.78, 5) is 34.9. The number of nitrogens with zero attached hydrogens (tertiary/aromatic N) is 1. The predicted octanol–water partition coefficient (Wildman–Crippen LogP) is 4.69. The Labute approximate surface area is 163 Å². The second-order valence-electron chi connectivity index (χ2n) is 6.14. The minimum absolute atomic E-state index is 0.0797. The molecule has 0 aliphatic heterocycles. The molecule has 3 aromatic heterocycles. The quantitative estimate of drug-likeness (QED) is 0.508. The molecule has 0 bridgehead atoms. The number of benzene rings is 1. The molecule has 0 aliphatic rings. The zero-order valence-corrected chi connectivity index (χ0v) is 16.4. The molecule has 3 heterocycles. The van der Waals surface area contributed by atoms with Crippen molar-refractivity contribution in [2.24, 2.45) is 0 Å². The van der Waals surface area contributed by atoms with Crippen molar-refractivity contribution < 1.29 is 9.53 Å². The number of esters is 1. The third-order valence-electron chi connectivity index (χ3n) is 4.20. The van der Waals surface area contributed by atoms with Crippen LogP contribution >= 0.6 is 22.7 Å². The van der Waals surface area contributed by atoms with E-state index in [0.717, 1.165) is 16.0 Å². The number of aryl methyl sites for hydroxylation is 2. The Morgan fingerprint density at radius 3 is 2.74 bits per heavy atom.